The van der Waals surface area contributed by atoms with E-state index in [1.54, 1.807) is 0 Å². The predicted molar refractivity (Wildman–Crippen MR) is 56.7 cm³/mol. The Morgan fingerprint density at radius 2 is 2.00 bits per heavy atom. The third kappa shape index (κ3) is 6.99. The molecule has 0 aromatic rings. The van der Waals surface area contributed by atoms with Gasteiger partial charge in [0.25, 0.3) is 0 Å². The lowest BCUT2D eigenvalue weighted by Gasteiger charge is -2.25. The Morgan fingerprint density at radius 3 is 2.46 bits per heavy atom. The summed E-state index contributed by atoms with van der Waals surface area (Å²) in [7, 11) is 2.10. The molecule has 0 amide bonds. The molecule has 80 valence electrons. The molecule has 13 heavy (non-hydrogen) atoms. The van der Waals surface area contributed by atoms with E-state index in [-0.39, 0.29) is 6.61 Å². The summed E-state index contributed by atoms with van der Waals surface area (Å²) in [4.78, 5) is 2.27. The summed E-state index contributed by atoms with van der Waals surface area (Å²) in [6, 6.07) is 0. The monoisotopic (exact) mass is 188 g/mol. The van der Waals surface area contributed by atoms with Gasteiger partial charge in [0, 0.05) is 5.54 Å². The lowest BCUT2D eigenvalue weighted by molar-refractivity contribution is 0.183. The lowest BCUT2D eigenvalue weighted by atomic mass is 10.0. The maximum Gasteiger partial charge on any atom is 0.0608 e. The highest BCUT2D eigenvalue weighted by atomic mass is 16.3. The van der Waals surface area contributed by atoms with E-state index >= 15 is 0 Å². The van der Waals surface area contributed by atoms with Crippen molar-refractivity contribution in [2.24, 2.45) is 5.73 Å². The van der Waals surface area contributed by atoms with Crippen LogP contribution in [0, 0.1) is 0 Å². The van der Waals surface area contributed by atoms with Gasteiger partial charge in [0.05, 0.1) is 6.61 Å². The Labute approximate surface area is 81.9 Å². The van der Waals surface area contributed by atoms with Gasteiger partial charge in [0.2, 0.25) is 0 Å². The molecule has 0 aromatic heterocycles. The number of hydrogen-bond acceptors (Lipinski definition) is 3. The highest BCUT2D eigenvalue weighted by molar-refractivity contribution is 4.78. The Kier molecular flexibility index (Phi) is 6.29. The molecule has 0 fully saturated rings. The lowest BCUT2D eigenvalue weighted by Crippen LogP contribution is -2.43. The topological polar surface area (TPSA) is 49.5 Å². The van der Waals surface area contributed by atoms with Crippen molar-refractivity contribution in [3.05, 3.63) is 0 Å². The molecule has 0 saturated heterocycles. The molecule has 0 saturated carbocycles. The fraction of sp³-hybridized carbons (Fsp3) is 1.00. The summed E-state index contributed by atoms with van der Waals surface area (Å²) in [6.45, 7) is 6.23. The number of nitrogens with two attached hydrogens (primary N) is 1. The standard InChI is InChI=1S/C10H24N2O/c1-4-5-7-12(3)8-6-10(2,11)9-13/h13H,4-9,11H2,1-3H3. The van der Waals surface area contributed by atoms with Gasteiger partial charge in [-0.25, -0.2) is 0 Å². The Morgan fingerprint density at radius 1 is 1.38 bits per heavy atom. The normalized spacial score (nSPS) is 16.2. The minimum Gasteiger partial charge on any atom is -0.394 e. The Balaban J connectivity index is 3.51. The number of aliphatic hydroxyl groups is 1. The van der Waals surface area contributed by atoms with Crippen LogP contribution in [0.25, 0.3) is 0 Å². The Bertz CT molecular complexity index is 126. The second kappa shape index (κ2) is 6.35. The van der Waals surface area contributed by atoms with Crippen LogP contribution in [0.5, 0.6) is 0 Å². The summed E-state index contributed by atoms with van der Waals surface area (Å²) in [5.41, 5.74) is 5.40. The van der Waals surface area contributed by atoms with Gasteiger partial charge in [-0.3, -0.25) is 0 Å². The van der Waals surface area contributed by atoms with E-state index in [1.807, 2.05) is 6.92 Å². The molecule has 3 heteroatoms. The average Bonchev–Trinajstić information content (AvgIpc) is 2.11. The van der Waals surface area contributed by atoms with Crippen LogP contribution in [0.4, 0.5) is 0 Å². The molecule has 3 nitrogen and oxygen atoms in total. The number of rotatable bonds is 7. The van der Waals surface area contributed by atoms with Gasteiger partial charge in [-0.15, -0.1) is 0 Å². The molecule has 0 aromatic carbocycles. The fourth-order valence-corrected chi connectivity index (χ4v) is 1.07. The molecule has 0 heterocycles. The zero-order valence-electron chi connectivity index (χ0n) is 9.21. The first-order valence-corrected chi connectivity index (χ1v) is 5.10. The van der Waals surface area contributed by atoms with Crippen LogP contribution in [0.2, 0.25) is 0 Å². The smallest absolute Gasteiger partial charge is 0.0608 e. The number of unbranched alkanes of at least 4 members (excludes halogenated alkanes) is 1. The molecule has 0 aliphatic carbocycles. The van der Waals surface area contributed by atoms with Crippen molar-refractivity contribution >= 4 is 0 Å². The van der Waals surface area contributed by atoms with Crippen LogP contribution >= 0.6 is 0 Å². The maximum absolute atomic E-state index is 8.94. The summed E-state index contributed by atoms with van der Waals surface area (Å²) < 4.78 is 0. The van der Waals surface area contributed by atoms with Crippen molar-refractivity contribution in [1.29, 1.82) is 0 Å². The van der Waals surface area contributed by atoms with Gasteiger partial charge in [-0.1, -0.05) is 13.3 Å². The van der Waals surface area contributed by atoms with E-state index in [9.17, 15) is 0 Å². The molecule has 0 radical (unpaired) electrons. The van der Waals surface area contributed by atoms with Crippen LogP contribution in [0.3, 0.4) is 0 Å². The van der Waals surface area contributed by atoms with Crippen molar-refractivity contribution in [3.63, 3.8) is 0 Å². The second-order valence-electron chi connectivity index (χ2n) is 4.22. The van der Waals surface area contributed by atoms with E-state index in [4.69, 9.17) is 10.8 Å². The summed E-state index contributed by atoms with van der Waals surface area (Å²) in [5.74, 6) is 0. The SMILES string of the molecule is CCCCN(C)CCC(C)(N)CO. The minimum atomic E-state index is -0.416. The second-order valence-corrected chi connectivity index (χ2v) is 4.22. The van der Waals surface area contributed by atoms with Crippen molar-refractivity contribution in [2.75, 3.05) is 26.7 Å². The highest BCUT2D eigenvalue weighted by Crippen LogP contribution is 2.05. The predicted octanol–water partition coefficient (Wildman–Crippen LogP) is 0.818. The van der Waals surface area contributed by atoms with Crippen LogP contribution in [0.15, 0.2) is 0 Å². The molecule has 0 aliphatic heterocycles. The number of aliphatic hydroxyl groups excluding tert-OH is 1. The molecular weight excluding hydrogens is 164 g/mol. The molecule has 0 rings (SSSR count). The van der Waals surface area contributed by atoms with Crippen LogP contribution in [0.1, 0.15) is 33.1 Å². The van der Waals surface area contributed by atoms with Crippen LogP contribution in [-0.4, -0.2) is 42.3 Å². The quantitative estimate of drug-likeness (QED) is 0.622. The van der Waals surface area contributed by atoms with E-state index in [1.165, 1.54) is 12.8 Å². The third-order valence-electron chi connectivity index (χ3n) is 2.32. The highest BCUT2D eigenvalue weighted by Gasteiger charge is 2.16. The fourth-order valence-electron chi connectivity index (χ4n) is 1.07. The van der Waals surface area contributed by atoms with Gasteiger partial charge in [-0.2, -0.15) is 0 Å². The van der Waals surface area contributed by atoms with Gasteiger partial charge >= 0.3 is 0 Å². The molecule has 3 N–H and O–H groups in total. The summed E-state index contributed by atoms with van der Waals surface area (Å²) >= 11 is 0. The molecule has 1 atom stereocenters. The van der Waals surface area contributed by atoms with Crippen molar-refractivity contribution < 1.29 is 5.11 Å². The third-order valence-corrected chi connectivity index (χ3v) is 2.32. The van der Waals surface area contributed by atoms with Gasteiger partial charge in [-0.05, 0) is 39.9 Å². The van der Waals surface area contributed by atoms with E-state index < -0.39 is 5.54 Å². The maximum atomic E-state index is 8.94. The minimum absolute atomic E-state index is 0.0641. The van der Waals surface area contributed by atoms with E-state index in [0.29, 0.717) is 0 Å². The molecule has 0 aliphatic rings. The van der Waals surface area contributed by atoms with Crippen LogP contribution in [-0.2, 0) is 0 Å². The first-order valence-electron chi connectivity index (χ1n) is 5.10. The van der Waals surface area contributed by atoms with E-state index in [0.717, 1.165) is 19.5 Å². The largest absolute Gasteiger partial charge is 0.394 e. The first kappa shape index (κ1) is 12.9. The Hall–Kier alpha value is -0.120. The average molecular weight is 188 g/mol. The van der Waals surface area contributed by atoms with Gasteiger partial charge in [0.15, 0.2) is 0 Å². The summed E-state index contributed by atoms with van der Waals surface area (Å²) in [6.07, 6.45) is 3.31. The zero-order chi connectivity index (χ0) is 10.3. The number of hydrogen-bond donors (Lipinski definition) is 2. The molecular formula is C10H24N2O. The van der Waals surface area contributed by atoms with Crippen molar-refractivity contribution in [3.8, 4) is 0 Å². The van der Waals surface area contributed by atoms with Crippen molar-refractivity contribution in [2.45, 2.75) is 38.6 Å². The van der Waals surface area contributed by atoms with Crippen molar-refractivity contribution in [1.82, 2.24) is 4.90 Å². The van der Waals surface area contributed by atoms with E-state index in [2.05, 4.69) is 18.9 Å². The first-order chi connectivity index (χ1) is 6.02. The molecule has 0 spiro atoms. The van der Waals surface area contributed by atoms with Gasteiger partial charge < -0.3 is 15.7 Å². The molecule has 0 bridgehead atoms. The summed E-state index contributed by atoms with van der Waals surface area (Å²) in [5, 5.41) is 8.94. The number of nitrogens with zero attached hydrogens (tertiary/aromatic N) is 1. The van der Waals surface area contributed by atoms with Crippen LogP contribution < -0.4 is 5.73 Å². The zero-order valence-corrected chi connectivity index (χ0v) is 9.21. The molecule has 1 unspecified atom stereocenters. The van der Waals surface area contributed by atoms with Gasteiger partial charge in [0.1, 0.15) is 0 Å².